The topological polar surface area (TPSA) is 27.1 Å². The van der Waals surface area contributed by atoms with Crippen molar-refractivity contribution in [2.45, 2.75) is 33.2 Å². The maximum Gasteiger partial charge on any atom is 0.118 e. The van der Waals surface area contributed by atoms with Gasteiger partial charge >= 0.3 is 0 Å². The summed E-state index contributed by atoms with van der Waals surface area (Å²) in [4.78, 5) is 0. The summed E-state index contributed by atoms with van der Waals surface area (Å²) in [6.07, 6.45) is 0. The summed E-state index contributed by atoms with van der Waals surface area (Å²) < 4.78 is 7.25. The number of hydrogen-bond donors (Lipinski definition) is 0. The highest BCUT2D eigenvalue weighted by atomic mass is 16.5. The minimum atomic E-state index is 0.490. The van der Waals surface area contributed by atoms with Crippen LogP contribution in [-0.4, -0.2) is 16.9 Å². The Morgan fingerprint density at radius 2 is 1.89 bits per heavy atom. The average molecular weight is 244 g/mol. The number of methoxy groups -OCH3 is 1. The minimum absolute atomic E-state index is 0.490. The van der Waals surface area contributed by atoms with Crippen LogP contribution < -0.4 is 4.74 Å². The third-order valence-electron chi connectivity index (χ3n) is 3.02. The van der Waals surface area contributed by atoms with E-state index in [-0.39, 0.29) is 0 Å². The van der Waals surface area contributed by atoms with Gasteiger partial charge in [0.25, 0.3) is 0 Å². The molecule has 0 atom stereocenters. The smallest absolute Gasteiger partial charge is 0.118 e. The number of aromatic nitrogens is 2. The molecule has 0 unspecified atom stereocenters. The first-order valence-electron chi connectivity index (χ1n) is 6.27. The molecule has 0 bridgehead atoms. The van der Waals surface area contributed by atoms with Crippen LogP contribution in [0.1, 0.15) is 36.7 Å². The Labute approximate surface area is 108 Å². The van der Waals surface area contributed by atoms with E-state index < -0.39 is 0 Å². The van der Waals surface area contributed by atoms with Crippen LogP contribution in [0.2, 0.25) is 0 Å². The maximum absolute atomic E-state index is 5.16. The average Bonchev–Trinajstić information content (AvgIpc) is 2.71. The molecule has 2 rings (SSSR count). The Kier molecular flexibility index (Phi) is 3.70. The maximum atomic E-state index is 5.16. The summed E-state index contributed by atoms with van der Waals surface area (Å²) in [5, 5.41) is 4.56. The summed E-state index contributed by atoms with van der Waals surface area (Å²) in [6, 6.07) is 10.3. The van der Waals surface area contributed by atoms with Gasteiger partial charge in [-0.2, -0.15) is 5.10 Å². The van der Waals surface area contributed by atoms with Gasteiger partial charge in [0, 0.05) is 5.69 Å². The fourth-order valence-corrected chi connectivity index (χ4v) is 2.06. The Morgan fingerprint density at radius 1 is 1.22 bits per heavy atom. The SMILES string of the molecule is COc1ccc(Cn2nc(C)cc2C(C)C)cc1. The second-order valence-corrected chi connectivity index (χ2v) is 4.87. The van der Waals surface area contributed by atoms with Crippen molar-refractivity contribution in [3.63, 3.8) is 0 Å². The third-order valence-corrected chi connectivity index (χ3v) is 3.02. The zero-order valence-corrected chi connectivity index (χ0v) is 11.5. The van der Waals surface area contributed by atoms with Crippen molar-refractivity contribution in [3.05, 3.63) is 47.3 Å². The first-order chi connectivity index (χ1) is 8.60. The third kappa shape index (κ3) is 2.73. The molecule has 0 aliphatic rings. The van der Waals surface area contributed by atoms with E-state index in [1.165, 1.54) is 11.3 Å². The van der Waals surface area contributed by atoms with Gasteiger partial charge in [-0.1, -0.05) is 26.0 Å². The summed E-state index contributed by atoms with van der Waals surface area (Å²) in [6.45, 7) is 7.24. The van der Waals surface area contributed by atoms with Crippen LogP contribution in [0.3, 0.4) is 0 Å². The van der Waals surface area contributed by atoms with E-state index in [0.29, 0.717) is 5.92 Å². The summed E-state index contributed by atoms with van der Waals surface area (Å²) >= 11 is 0. The van der Waals surface area contributed by atoms with Crippen molar-refractivity contribution in [3.8, 4) is 5.75 Å². The van der Waals surface area contributed by atoms with Crippen LogP contribution in [0, 0.1) is 6.92 Å². The van der Waals surface area contributed by atoms with E-state index in [1.54, 1.807) is 7.11 Å². The monoisotopic (exact) mass is 244 g/mol. The van der Waals surface area contributed by atoms with Crippen LogP contribution in [-0.2, 0) is 6.54 Å². The molecular formula is C15H20N2O. The molecule has 1 heterocycles. The summed E-state index contributed by atoms with van der Waals surface area (Å²) in [5.74, 6) is 1.38. The van der Waals surface area contributed by atoms with Crippen LogP contribution in [0.25, 0.3) is 0 Å². The zero-order valence-electron chi connectivity index (χ0n) is 11.5. The highest BCUT2D eigenvalue weighted by Gasteiger charge is 2.09. The van der Waals surface area contributed by atoms with E-state index >= 15 is 0 Å². The van der Waals surface area contributed by atoms with E-state index in [9.17, 15) is 0 Å². The standard InChI is InChI=1S/C15H20N2O/c1-11(2)15-9-12(3)16-17(15)10-13-5-7-14(18-4)8-6-13/h5-9,11H,10H2,1-4H3. The fourth-order valence-electron chi connectivity index (χ4n) is 2.06. The largest absolute Gasteiger partial charge is 0.497 e. The van der Waals surface area contributed by atoms with Crippen molar-refractivity contribution in [2.24, 2.45) is 0 Å². The molecule has 96 valence electrons. The number of ether oxygens (including phenoxy) is 1. The zero-order chi connectivity index (χ0) is 13.1. The number of nitrogens with zero attached hydrogens (tertiary/aromatic N) is 2. The Balaban J connectivity index is 2.22. The van der Waals surface area contributed by atoms with Crippen LogP contribution >= 0.6 is 0 Å². The Hall–Kier alpha value is -1.77. The predicted octanol–water partition coefficient (Wildman–Crippen LogP) is 3.37. The molecule has 3 heteroatoms. The van der Waals surface area contributed by atoms with Crippen LogP contribution in [0.15, 0.2) is 30.3 Å². The summed E-state index contributed by atoms with van der Waals surface area (Å²) in [7, 11) is 1.68. The molecule has 0 aliphatic carbocycles. The van der Waals surface area contributed by atoms with E-state index in [4.69, 9.17) is 4.74 Å². The molecule has 1 aromatic carbocycles. The quantitative estimate of drug-likeness (QED) is 0.824. The van der Waals surface area contributed by atoms with Gasteiger partial charge in [0.2, 0.25) is 0 Å². The lowest BCUT2D eigenvalue weighted by Crippen LogP contribution is -2.07. The lowest BCUT2D eigenvalue weighted by molar-refractivity contribution is 0.414. The van der Waals surface area contributed by atoms with Crippen LogP contribution in [0.4, 0.5) is 0 Å². The van der Waals surface area contributed by atoms with Gasteiger partial charge in [0.15, 0.2) is 0 Å². The van der Waals surface area contributed by atoms with Crippen molar-refractivity contribution >= 4 is 0 Å². The molecule has 0 radical (unpaired) electrons. The number of benzene rings is 1. The first-order valence-corrected chi connectivity index (χ1v) is 6.27. The Morgan fingerprint density at radius 3 is 2.44 bits per heavy atom. The summed E-state index contributed by atoms with van der Waals surface area (Å²) in [5.41, 5.74) is 3.59. The highest BCUT2D eigenvalue weighted by Crippen LogP contribution is 2.18. The second-order valence-electron chi connectivity index (χ2n) is 4.87. The van der Waals surface area contributed by atoms with E-state index in [1.807, 2.05) is 19.1 Å². The van der Waals surface area contributed by atoms with E-state index in [2.05, 4.69) is 41.8 Å². The van der Waals surface area contributed by atoms with Gasteiger partial charge in [0.1, 0.15) is 5.75 Å². The number of rotatable bonds is 4. The molecule has 0 saturated carbocycles. The molecule has 0 N–H and O–H groups in total. The number of aryl methyl sites for hydroxylation is 1. The lowest BCUT2D eigenvalue weighted by atomic mass is 10.1. The van der Waals surface area contributed by atoms with Gasteiger partial charge in [-0.15, -0.1) is 0 Å². The van der Waals surface area contributed by atoms with Crippen molar-refractivity contribution in [1.82, 2.24) is 9.78 Å². The molecule has 3 nitrogen and oxygen atoms in total. The van der Waals surface area contributed by atoms with E-state index in [0.717, 1.165) is 18.0 Å². The van der Waals surface area contributed by atoms with Gasteiger partial charge in [-0.05, 0) is 36.6 Å². The van der Waals surface area contributed by atoms with Crippen molar-refractivity contribution in [1.29, 1.82) is 0 Å². The van der Waals surface area contributed by atoms with Gasteiger partial charge in [-0.3, -0.25) is 4.68 Å². The molecule has 1 aromatic heterocycles. The van der Waals surface area contributed by atoms with Crippen molar-refractivity contribution in [2.75, 3.05) is 7.11 Å². The second kappa shape index (κ2) is 5.25. The van der Waals surface area contributed by atoms with Crippen LogP contribution in [0.5, 0.6) is 5.75 Å². The predicted molar refractivity (Wildman–Crippen MR) is 73.1 cm³/mol. The highest BCUT2D eigenvalue weighted by molar-refractivity contribution is 5.27. The van der Waals surface area contributed by atoms with Gasteiger partial charge in [0.05, 0.1) is 19.3 Å². The Bertz CT molecular complexity index is 512. The lowest BCUT2D eigenvalue weighted by Gasteiger charge is -2.10. The van der Waals surface area contributed by atoms with Gasteiger partial charge in [-0.25, -0.2) is 0 Å². The molecule has 0 aliphatic heterocycles. The number of hydrogen-bond acceptors (Lipinski definition) is 2. The fraction of sp³-hybridized carbons (Fsp3) is 0.400. The normalized spacial score (nSPS) is 10.9. The first kappa shape index (κ1) is 12.7. The molecule has 2 aromatic rings. The van der Waals surface area contributed by atoms with Gasteiger partial charge < -0.3 is 4.74 Å². The molecule has 0 amide bonds. The molecule has 0 spiro atoms. The minimum Gasteiger partial charge on any atom is -0.497 e. The molecule has 0 saturated heterocycles. The molecular weight excluding hydrogens is 224 g/mol. The van der Waals surface area contributed by atoms with Crippen molar-refractivity contribution < 1.29 is 4.74 Å². The molecule has 0 fully saturated rings. The molecule has 18 heavy (non-hydrogen) atoms.